The molecule has 0 radical (unpaired) electrons. The molecule has 2 atom stereocenters. The predicted molar refractivity (Wildman–Crippen MR) is 169 cm³/mol. The normalized spacial score (nSPS) is 12.0. The molecule has 4 aromatic rings. The van der Waals surface area contributed by atoms with E-state index in [-0.39, 0.29) is 11.4 Å². The number of benzene rings is 4. The highest BCUT2D eigenvalue weighted by Crippen LogP contribution is 2.28. The second kappa shape index (κ2) is 15.0. The Morgan fingerprint density at radius 1 is 0.762 bits per heavy atom. The van der Waals surface area contributed by atoms with Crippen LogP contribution in [0.2, 0.25) is 0 Å². The van der Waals surface area contributed by atoms with Gasteiger partial charge >= 0.3 is 11.9 Å². The first-order valence-corrected chi connectivity index (χ1v) is 14.5. The third-order valence-electron chi connectivity index (χ3n) is 6.54. The molecule has 4 aromatic carbocycles. The van der Waals surface area contributed by atoms with Crippen LogP contribution in [-0.4, -0.2) is 46.3 Å². The third kappa shape index (κ3) is 8.05. The monoisotopic (exact) mass is 598 g/mol. The summed E-state index contributed by atoms with van der Waals surface area (Å²) in [5.41, 5.74) is 4.06. The molecule has 214 valence electrons. The summed E-state index contributed by atoms with van der Waals surface area (Å²) >= 11 is 6.69. The Hall–Kier alpha value is -4.47. The van der Waals surface area contributed by atoms with E-state index in [9.17, 15) is 19.5 Å². The standard InChI is InChI=1S/C33H30N2O5S2/c1-40-33(39)29(21-23-14-6-3-7-15-23)42-35-30(36)26-18-10-8-16-24(26)25-17-9-11-19-27(25)31(41)34-28(32(37)38)20-22-12-4-2-5-13-22/h2-19,28-29H,20-21H2,1H3,(H,34,41)(H,35,36)(H,37,38)/t28-,29?/m0/s1. The number of rotatable bonds is 12. The van der Waals surface area contributed by atoms with Gasteiger partial charge < -0.3 is 15.2 Å². The number of hydrogen-bond acceptors (Lipinski definition) is 6. The number of amides is 1. The molecule has 4 rings (SSSR count). The zero-order chi connectivity index (χ0) is 29.9. The van der Waals surface area contributed by atoms with Gasteiger partial charge in [-0.25, -0.2) is 4.79 Å². The van der Waals surface area contributed by atoms with E-state index in [1.165, 1.54) is 7.11 Å². The maximum absolute atomic E-state index is 13.4. The van der Waals surface area contributed by atoms with Crippen molar-refractivity contribution in [3.05, 3.63) is 131 Å². The quantitative estimate of drug-likeness (QED) is 0.112. The average Bonchev–Trinajstić information content (AvgIpc) is 3.03. The van der Waals surface area contributed by atoms with Gasteiger partial charge in [-0.2, -0.15) is 0 Å². The van der Waals surface area contributed by atoms with Crippen molar-refractivity contribution in [2.24, 2.45) is 0 Å². The van der Waals surface area contributed by atoms with Crippen LogP contribution in [0.15, 0.2) is 109 Å². The number of hydrogen-bond donors (Lipinski definition) is 3. The van der Waals surface area contributed by atoms with Crippen molar-refractivity contribution in [3.8, 4) is 11.1 Å². The lowest BCUT2D eigenvalue weighted by Crippen LogP contribution is -2.42. The average molecular weight is 599 g/mol. The molecule has 0 aliphatic carbocycles. The van der Waals surface area contributed by atoms with E-state index < -0.39 is 29.1 Å². The number of nitrogens with one attached hydrogen (secondary N) is 2. The highest BCUT2D eigenvalue weighted by molar-refractivity contribution is 7.99. The minimum Gasteiger partial charge on any atom is -0.480 e. The number of thiocarbonyl (C=S) groups is 1. The zero-order valence-corrected chi connectivity index (χ0v) is 24.5. The summed E-state index contributed by atoms with van der Waals surface area (Å²) in [6.07, 6.45) is 0.635. The molecule has 3 N–H and O–H groups in total. The van der Waals surface area contributed by atoms with Gasteiger partial charge in [-0.15, -0.1) is 0 Å². The summed E-state index contributed by atoms with van der Waals surface area (Å²) < 4.78 is 7.79. The van der Waals surface area contributed by atoms with Crippen LogP contribution in [0.3, 0.4) is 0 Å². The van der Waals surface area contributed by atoms with Crippen LogP contribution >= 0.6 is 24.2 Å². The summed E-state index contributed by atoms with van der Waals surface area (Å²) in [6, 6.07) is 32.2. The summed E-state index contributed by atoms with van der Waals surface area (Å²) in [7, 11) is 1.32. The molecule has 9 heteroatoms. The number of carboxylic acid groups (broad SMARTS) is 1. The third-order valence-corrected chi connectivity index (χ3v) is 7.83. The van der Waals surface area contributed by atoms with E-state index in [0.29, 0.717) is 28.7 Å². The van der Waals surface area contributed by atoms with Gasteiger partial charge in [0.15, 0.2) is 0 Å². The lowest BCUT2D eigenvalue weighted by Gasteiger charge is -2.20. The second-order valence-electron chi connectivity index (χ2n) is 9.40. The molecule has 0 bridgehead atoms. The zero-order valence-electron chi connectivity index (χ0n) is 22.9. The summed E-state index contributed by atoms with van der Waals surface area (Å²) in [5.74, 6) is -1.85. The first-order chi connectivity index (χ1) is 20.4. The van der Waals surface area contributed by atoms with Crippen molar-refractivity contribution < 1.29 is 24.2 Å². The van der Waals surface area contributed by atoms with Gasteiger partial charge in [-0.1, -0.05) is 115 Å². The number of ether oxygens (including phenoxy) is 1. The summed E-state index contributed by atoms with van der Waals surface area (Å²) in [6.45, 7) is 0. The van der Waals surface area contributed by atoms with E-state index in [1.54, 1.807) is 24.3 Å². The fourth-order valence-corrected chi connectivity index (χ4v) is 5.58. The molecule has 42 heavy (non-hydrogen) atoms. The predicted octanol–water partition coefficient (Wildman–Crippen LogP) is 5.48. The van der Waals surface area contributed by atoms with E-state index in [2.05, 4.69) is 10.0 Å². The molecule has 0 fully saturated rings. The van der Waals surface area contributed by atoms with Crippen molar-refractivity contribution >= 4 is 47.0 Å². The highest BCUT2D eigenvalue weighted by atomic mass is 32.2. The summed E-state index contributed by atoms with van der Waals surface area (Å²) in [4.78, 5) is 38.2. The van der Waals surface area contributed by atoms with Crippen molar-refractivity contribution in [2.75, 3.05) is 7.11 Å². The van der Waals surface area contributed by atoms with Crippen molar-refractivity contribution in [2.45, 2.75) is 24.1 Å². The van der Waals surface area contributed by atoms with Crippen LogP contribution in [0.5, 0.6) is 0 Å². The number of methoxy groups -OCH3 is 1. The van der Waals surface area contributed by atoms with Gasteiger partial charge in [0.2, 0.25) is 0 Å². The highest BCUT2D eigenvalue weighted by Gasteiger charge is 2.25. The largest absolute Gasteiger partial charge is 0.480 e. The number of esters is 1. The van der Waals surface area contributed by atoms with Gasteiger partial charge in [0.1, 0.15) is 16.3 Å². The molecule has 1 unspecified atom stereocenters. The minimum atomic E-state index is -1.02. The molecule has 0 aromatic heterocycles. The Balaban J connectivity index is 1.55. The first kappa shape index (κ1) is 30.5. The van der Waals surface area contributed by atoms with Crippen molar-refractivity contribution in [1.29, 1.82) is 0 Å². The fourth-order valence-electron chi connectivity index (χ4n) is 4.43. The molecule has 0 saturated heterocycles. The van der Waals surface area contributed by atoms with Crippen molar-refractivity contribution in [1.82, 2.24) is 10.0 Å². The minimum absolute atomic E-state index is 0.249. The number of carboxylic acids is 1. The molecule has 0 aliphatic heterocycles. The lowest BCUT2D eigenvalue weighted by molar-refractivity contribution is -0.140. The molecular weight excluding hydrogens is 569 g/mol. The van der Waals surface area contributed by atoms with E-state index in [1.807, 2.05) is 84.9 Å². The number of carbonyl (C=O) groups is 3. The van der Waals surface area contributed by atoms with E-state index in [0.717, 1.165) is 23.1 Å². The Morgan fingerprint density at radius 2 is 1.26 bits per heavy atom. The number of carbonyl (C=O) groups excluding carboxylic acids is 2. The Morgan fingerprint density at radius 3 is 1.83 bits per heavy atom. The van der Waals surface area contributed by atoms with Crippen LogP contribution in [0, 0.1) is 0 Å². The van der Waals surface area contributed by atoms with E-state index in [4.69, 9.17) is 17.0 Å². The SMILES string of the molecule is COC(=O)C(Cc1ccccc1)SNC(=O)c1ccccc1-c1ccccc1C(=S)N[C@@H](Cc1ccccc1)C(=O)O. The van der Waals surface area contributed by atoms with Crippen LogP contribution < -0.4 is 10.0 Å². The van der Waals surface area contributed by atoms with Crippen LogP contribution in [0.1, 0.15) is 27.0 Å². The van der Waals surface area contributed by atoms with Gasteiger partial charge in [0.25, 0.3) is 5.91 Å². The molecule has 0 saturated carbocycles. The lowest BCUT2D eigenvalue weighted by atomic mass is 9.94. The maximum atomic E-state index is 13.4. The van der Waals surface area contributed by atoms with E-state index >= 15 is 0 Å². The molecule has 0 aliphatic rings. The van der Waals surface area contributed by atoms with Crippen LogP contribution in [0.25, 0.3) is 11.1 Å². The van der Waals surface area contributed by atoms with Gasteiger partial charge in [0, 0.05) is 17.5 Å². The topological polar surface area (TPSA) is 105 Å². The van der Waals surface area contributed by atoms with Crippen molar-refractivity contribution in [3.63, 3.8) is 0 Å². The fraction of sp³-hybridized carbons (Fsp3) is 0.152. The molecule has 7 nitrogen and oxygen atoms in total. The summed E-state index contributed by atoms with van der Waals surface area (Å²) in [5, 5.41) is 12.2. The van der Waals surface area contributed by atoms with Gasteiger partial charge in [-0.05, 0) is 46.7 Å². The molecule has 1 amide bonds. The Bertz CT molecular complexity index is 1550. The maximum Gasteiger partial charge on any atom is 0.326 e. The molecule has 0 heterocycles. The van der Waals surface area contributed by atoms with Gasteiger partial charge in [-0.3, -0.25) is 14.3 Å². The molecular formula is C33H30N2O5S2. The van der Waals surface area contributed by atoms with Gasteiger partial charge in [0.05, 0.1) is 7.11 Å². The first-order valence-electron chi connectivity index (χ1n) is 13.2. The Labute approximate surface area is 254 Å². The molecule has 0 spiro atoms. The van der Waals surface area contributed by atoms with Crippen LogP contribution in [-0.2, 0) is 27.2 Å². The smallest absolute Gasteiger partial charge is 0.326 e. The Kier molecular flexibility index (Phi) is 10.9. The number of aliphatic carboxylic acids is 1. The van der Waals surface area contributed by atoms with Crippen LogP contribution in [0.4, 0.5) is 0 Å². The second-order valence-corrected chi connectivity index (χ2v) is 10.8.